The van der Waals surface area contributed by atoms with E-state index in [1.54, 1.807) is 0 Å². The van der Waals surface area contributed by atoms with E-state index >= 15 is 0 Å². The molecule has 2 aliphatic rings. The maximum absolute atomic E-state index is 11.8. The zero-order chi connectivity index (χ0) is 15.7. The third-order valence-electron chi connectivity index (χ3n) is 3.83. The lowest BCUT2D eigenvalue weighted by Gasteiger charge is -2.30. The lowest BCUT2D eigenvalue weighted by atomic mass is 10.1. The third kappa shape index (κ3) is 4.82. The standard InChI is InChI=1S/C11H21N3O5S2/c1-20(16,17)14-5-2-9(3-6-14)12-11(15)13-10-4-7-21(18,19)8-10/h9-10H,2-8H2,1H3,(H2,12,13,15). The van der Waals surface area contributed by atoms with Crippen molar-refractivity contribution < 1.29 is 21.6 Å². The summed E-state index contributed by atoms with van der Waals surface area (Å²) in [6, 6.07) is -0.790. The highest BCUT2D eigenvalue weighted by Gasteiger charge is 2.30. The van der Waals surface area contributed by atoms with E-state index in [-0.39, 0.29) is 29.6 Å². The number of nitrogens with one attached hydrogen (secondary N) is 2. The van der Waals surface area contributed by atoms with Crippen molar-refractivity contribution in [2.45, 2.75) is 31.3 Å². The third-order valence-corrected chi connectivity index (χ3v) is 6.90. The number of carbonyl (C=O) groups is 1. The van der Waals surface area contributed by atoms with Gasteiger partial charge in [0.15, 0.2) is 9.84 Å². The van der Waals surface area contributed by atoms with E-state index in [0.717, 1.165) is 0 Å². The van der Waals surface area contributed by atoms with Gasteiger partial charge >= 0.3 is 6.03 Å². The van der Waals surface area contributed by atoms with Gasteiger partial charge < -0.3 is 10.6 Å². The fourth-order valence-electron chi connectivity index (χ4n) is 2.65. The average Bonchev–Trinajstić information content (AvgIpc) is 2.68. The van der Waals surface area contributed by atoms with E-state index in [1.807, 2.05) is 0 Å². The summed E-state index contributed by atoms with van der Waals surface area (Å²) >= 11 is 0. The topological polar surface area (TPSA) is 113 Å². The normalized spacial score (nSPS) is 27.4. The maximum atomic E-state index is 11.8. The summed E-state index contributed by atoms with van der Waals surface area (Å²) < 4.78 is 46.8. The molecule has 2 N–H and O–H groups in total. The lowest BCUT2D eigenvalue weighted by molar-refractivity contribution is 0.225. The van der Waals surface area contributed by atoms with Crippen LogP contribution >= 0.6 is 0 Å². The van der Waals surface area contributed by atoms with E-state index in [0.29, 0.717) is 32.4 Å². The van der Waals surface area contributed by atoms with Crippen molar-refractivity contribution in [2.24, 2.45) is 0 Å². The quantitative estimate of drug-likeness (QED) is 0.677. The maximum Gasteiger partial charge on any atom is 0.315 e. The first kappa shape index (κ1) is 16.5. The van der Waals surface area contributed by atoms with Crippen LogP contribution in [0, 0.1) is 0 Å². The Labute approximate surface area is 125 Å². The number of nitrogens with zero attached hydrogens (tertiary/aromatic N) is 1. The lowest BCUT2D eigenvalue weighted by Crippen LogP contribution is -2.50. The molecule has 2 saturated heterocycles. The highest BCUT2D eigenvalue weighted by molar-refractivity contribution is 7.91. The van der Waals surface area contributed by atoms with E-state index in [2.05, 4.69) is 10.6 Å². The molecule has 0 aliphatic carbocycles. The van der Waals surface area contributed by atoms with Gasteiger partial charge in [0.25, 0.3) is 0 Å². The Morgan fingerprint density at radius 1 is 1.10 bits per heavy atom. The van der Waals surface area contributed by atoms with Gasteiger partial charge in [0, 0.05) is 25.2 Å². The van der Waals surface area contributed by atoms with Crippen molar-refractivity contribution >= 4 is 25.9 Å². The number of urea groups is 1. The molecule has 0 radical (unpaired) electrons. The Kier molecular flexibility index (Phi) is 4.79. The van der Waals surface area contributed by atoms with Crippen molar-refractivity contribution in [3.8, 4) is 0 Å². The summed E-state index contributed by atoms with van der Waals surface area (Å²) in [5.74, 6) is 0.109. The second kappa shape index (κ2) is 6.09. The summed E-state index contributed by atoms with van der Waals surface area (Å²) in [4.78, 5) is 11.8. The number of carbonyl (C=O) groups excluding carboxylic acids is 1. The van der Waals surface area contributed by atoms with E-state index in [4.69, 9.17) is 0 Å². The van der Waals surface area contributed by atoms with Crippen LogP contribution in [0.4, 0.5) is 4.79 Å². The summed E-state index contributed by atoms with van der Waals surface area (Å²) in [5.41, 5.74) is 0. The minimum absolute atomic E-state index is 0.00700. The Bertz CT molecular complexity index is 593. The van der Waals surface area contributed by atoms with Crippen LogP contribution in [-0.4, -0.2) is 70.1 Å². The number of hydrogen-bond donors (Lipinski definition) is 2. The van der Waals surface area contributed by atoms with Crippen LogP contribution in [0.3, 0.4) is 0 Å². The van der Waals surface area contributed by atoms with Gasteiger partial charge in [-0.15, -0.1) is 0 Å². The Hall–Kier alpha value is -0.870. The van der Waals surface area contributed by atoms with Crippen LogP contribution in [0.1, 0.15) is 19.3 Å². The average molecular weight is 339 g/mol. The van der Waals surface area contributed by atoms with Crippen LogP contribution in [0.25, 0.3) is 0 Å². The highest BCUT2D eigenvalue weighted by atomic mass is 32.2. The van der Waals surface area contributed by atoms with Gasteiger partial charge in [-0.05, 0) is 19.3 Å². The van der Waals surface area contributed by atoms with Crippen LogP contribution in [0.2, 0.25) is 0 Å². The number of piperidine rings is 1. The first-order valence-electron chi connectivity index (χ1n) is 6.88. The monoisotopic (exact) mass is 339 g/mol. The molecule has 0 bridgehead atoms. The summed E-state index contributed by atoms with van der Waals surface area (Å²) in [5, 5.41) is 5.44. The van der Waals surface area contributed by atoms with E-state index in [1.165, 1.54) is 10.6 Å². The SMILES string of the molecule is CS(=O)(=O)N1CCC(NC(=O)NC2CCS(=O)(=O)C2)CC1. The molecule has 0 saturated carbocycles. The first-order chi connectivity index (χ1) is 9.66. The van der Waals surface area contributed by atoms with Crippen LogP contribution < -0.4 is 10.6 Å². The van der Waals surface area contributed by atoms with E-state index < -0.39 is 19.9 Å². The van der Waals surface area contributed by atoms with Crippen LogP contribution in [0.5, 0.6) is 0 Å². The molecule has 10 heteroatoms. The molecule has 2 aliphatic heterocycles. The van der Waals surface area contributed by atoms with Gasteiger partial charge in [0.05, 0.1) is 17.8 Å². The number of sulfone groups is 1. The van der Waals surface area contributed by atoms with Gasteiger partial charge in [-0.1, -0.05) is 0 Å². The van der Waals surface area contributed by atoms with E-state index in [9.17, 15) is 21.6 Å². The molecule has 2 heterocycles. The van der Waals surface area contributed by atoms with Gasteiger partial charge in [-0.2, -0.15) is 0 Å². The smallest absolute Gasteiger partial charge is 0.315 e. The van der Waals surface area contributed by atoms with Gasteiger partial charge in [0.1, 0.15) is 0 Å². The van der Waals surface area contributed by atoms with Gasteiger partial charge in [-0.3, -0.25) is 0 Å². The Balaban J connectivity index is 1.75. The molecule has 21 heavy (non-hydrogen) atoms. The largest absolute Gasteiger partial charge is 0.335 e. The molecule has 122 valence electrons. The Morgan fingerprint density at radius 3 is 2.14 bits per heavy atom. The molecule has 1 atom stereocenters. The van der Waals surface area contributed by atoms with Crippen LogP contribution in [0.15, 0.2) is 0 Å². The van der Waals surface area contributed by atoms with Gasteiger partial charge in [0.2, 0.25) is 10.0 Å². The Morgan fingerprint density at radius 2 is 1.67 bits per heavy atom. The molecule has 2 fully saturated rings. The zero-order valence-electron chi connectivity index (χ0n) is 11.9. The van der Waals surface area contributed by atoms with Crippen molar-refractivity contribution in [3.63, 3.8) is 0 Å². The molecule has 2 rings (SSSR count). The first-order valence-corrected chi connectivity index (χ1v) is 10.6. The number of sulfonamides is 1. The minimum Gasteiger partial charge on any atom is -0.335 e. The predicted molar refractivity (Wildman–Crippen MR) is 78.2 cm³/mol. The molecule has 8 nitrogen and oxygen atoms in total. The van der Waals surface area contributed by atoms with Crippen molar-refractivity contribution in [1.82, 2.24) is 14.9 Å². The second-order valence-corrected chi connectivity index (χ2v) is 9.87. The van der Waals surface area contributed by atoms with Gasteiger partial charge in [-0.25, -0.2) is 25.9 Å². The zero-order valence-corrected chi connectivity index (χ0v) is 13.5. The molecule has 2 amide bonds. The number of rotatable bonds is 3. The molecule has 0 aromatic rings. The molecule has 0 aromatic carbocycles. The van der Waals surface area contributed by atoms with Crippen molar-refractivity contribution in [2.75, 3.05) is 30.9 Å². The fourth-order valence-corrected chi connectivity index (χ4v) is 5.20. The minimum atomic E-state index is -3.17. The van der Waals surface area contributed by atoms with Crippen molar-refractivity contribution in [3.05, 3.63) is 0 Å². The number of amides is 2. The van der Waals surface area contributed by atoms with Crippen LogP contribution in [-0.2, 0) is 19.9 Å². The molecule has 1 unspecified atom stereocenters. The highest BCUT2D eigenvalue weighted by Crippen LogP contribution is 2.14. The predicted octanol–water partition coefficient (Wildman–Crippen LogP) is -1.10. The number of hydrogen-bond acceptors (Lipinski definition) is 5. The molecular weight excluding hydrogens is 318 g/mol. The molecular formula is C11H21N3O5S2. The molecule has 0 aromatic heterocycles. The fraction of sp³-hybridized carbons (Fsp3) is 0.909. The summed E-state index contributed by atoms with van der Waals surface area (Å²) in [6.45, 7) is 0.781. The van der Waals surface area contributed by atoms with Crippen molar-refractivity contribution in [1.29, 1.82) is 0 Å². The molecule has 0 spiro atoms. The summed E-state index contributed by atoms with van der Waals surface area (Å²) in [6.07, 6.45) is 2.74. The second-order valence-electron chi connectivity index (χ2n) is 5.65. The summed E-state index contributed by atoms with van der Waals surface area (Å²) in [7, 11) is -6.18.